The number of rotatable bonds is 4. The zero-order valence-corrected chi connectivity index (χ0v) is 15.1. The average molecular weight is 377 g/mol. The Balaban J connectivity index is 1.55. The Morgan fingerprint density at radius 3 is 2.85 bits per heavy atom. The van der Waals surface area contributed by atoms with Gasteiger partial charge in [0.25, 0.3) is 0 Å². The van der Waals surface area contributed by atoms with Crippen molar-refractivity contribution in [2.24, 2.45) is 0 Å². The summed E-state index contributed by atoms with van der Waals surface area (Å²) in [5.41, 5.74) is 2.98. The van der Waals surface area contributed by atoms with E-state index in [-0.39, 0.29) is 0 Å². The lowest BCUT2D eigenvalue weighted by Crippen LogP contribution is -2.11. The number of aromatic nitrogens is 6. The minimum atomic E-state index is 0.471. The van der Waals surface area contributed by atoms with Crippen LogP contribution in [-0.2, 0) is 12.8 Å². The Kier molecular flexibility index (Phi) is 3.86. The van der Waals surface area contributed by atoms with Crippen LogP contribution in [0.4, 0.5) is 0 Å². The van der Waals surface area contributed by atoms with Crippen molar-refractivity contribution in [3.63, 3.8) is 0 Å². The number of hydrogen-bond donors (Lipinski definition) is 1. The molecule has 0 bridgehead atoms. The maximum atomic E-state index is 6.19. The molecule has 0 saturated carbocycles. The third-order valence-electron chi connectivity index (χ3n) is 4.38. The van der Waals surface area contributed by atoms with Gasteiger partial charge in [0.05, 0.1) is 6.26 Å². The lowest BCUT2D eigenvalue weighted by atomic mass is 10.2. The monoisotopic (exact) mass is 377 g/mol. The summed E-state index contributed by atoms with van der Waals surface area (Å²) in [6.07, 6.45) is 6.27. The van der Waals surface area contributed by atoms with Crippen LogP contribution in [0.5, 0.6) is 0 Å². The maximum absolute atomic E-state index is 6.19. The molecular weight excluding hydrogens is 362 g/mol. The van der Waals surface area contributed by atoms with Crippen LogP contribution < -0.4 is 5.84 Å². The van der Waals surface area contributed by atoms with Gasteiger partial charge in [0.15, 0.2) is 11.6 Å². The van der Waals surface area contributed by atoms with E-state index in [0.29, 0.717) is 22.6 Å². The number of fused-ring (bicyclic) bond motifs is 1. The molecular formula is C18H15N7OS. The molecule has 0 spiro atoms. The Hall–Kier alpha value is -3.20. The Morgan fingerprint density at radius 2 is 2.04 bits per heavy atom. The fourth-order valence-electron chi connectivity index (χ4n) is 3.10. The van der Waals surface area contributed by atoms with Gasteiger partial charge in [0.1, 0.15) is 10.7 Å². The van der Waals surface area contributed by atoms with Crippen molar-refractivity contribution in [2.75, 3.05) is 5.84 Å². The van der Waals surface area contributed by atoms with Crippen LogP contribution in [0.3, 0.4) is 0 Å². The molecule has 0 aromatic carbocycles. The van der Waals surface area contributed by atoms with Crippen molar-refractivity contribution >= 4 is 11.8 Å². The largest absolute Gasteiger partial charge is 0.461 e. The lowest BCUT2D eigenvalue weighted by Gasteiger charge is -2.09. The van der Waals surface area contributed by atoms with Crippen molar-refractivity contribution in [3.05, 3.63) is 54.0 Å². The molecule has 0 saturated heterocycles. The van der Waals surface area contributed by atoms with Gasteiger partial charge >= 0.3 is 0 Å². The van der Waals surface area contributed by atoms with Crippen LogP contribution in [0.25, 0.3) is 23.1 Å². The second-order valence-corrected chi connectivity index (χ2v) is 7.06. The van der Waals surface area contributed by atoms with E-state index in [1.54, 1.807) is 24.6 Å². The maximum Gasteiger partial charge on any atom is 0.218 e. The number of aryl methyl sites for hydroxylation is 1. The molecule has 0 radical (unpaired) electrons. The minimum Gasteiger partial charge on any atom is -0.461 e. The molecule has 4 aromatic heterocycles. The minimum absolute atomic E-state index is 0.471. The van der Waals surface area contributed by atoms with E-state index in [2.05, 4.69) is 15.2 Å². The van der Waals surface area contributed by atoms with Gasteiger partial charge in [-0.2, -0.15) is 0 Å². The first-order chi connectivity index (χ1) is 13.3. The second-order valence-electron chi connectivity index (χ2n) is 6.10. The fraction of sp³-hybridized carbons (Fsp3) is 0.167. The smallest absolute Gasteiger partial charge is 0.218 e. The van der Waals surface area contributed by atoms with Gasteiger partial charge < -0.3 is 10.3 Å². The standard InChI is InChI=1S/C18H15N7OS/c19-25-16(14-8-4-10-26-14)23-24-18(25)27-17-11-5-3-7-12(11)21-15(22-17)13-6-1-2-9-20-13/h1-2,4,6,8-10H,3,5,7,19H2. The quantitative estimate of drug-likeness (QED) is 0.427. The van der Waals surface area contributed by atoms with Gasteiger partial charge in [0, 0.05) is 17.5 Å². The predicted octanol–water partition coefficient (Wildman–Crippen LogP) is 2.74. The molecule has 1 aliphatic rings. The van der Waals surface area contributed by atoms with Gasteiger partial charge in [-0.15, -0.1) is 10.2 Å². The summed E-state index contributed by atoms with van der Waals surface area (Å²) in [6.45, 7) is 0. The van der Waals surface area contributed by atoms with Gasteiger partial charge in [0.2, 0.25) is 11.0 Å². The van der Waals surface area contributed by atoms with Crippen LogP contribution in [0.2, 0.25) is 0 Å². The van der Waals surface area contributed by atoms with Crippen LogP contribution in [0.15, 0.2) is 57.4 Å². The molecule has 1 aliphatic carbocycles. The van der Waals surface area contributed by atoms with Crippen molar-refractivity contribution in [3.8, 4) is 23.1 Å². The summed E-state index contributed by atoms with van der Waals surface area (Å²) in [4.78, 5) is 13.8. The van der Waals surface area contributed by atoms with E-state index >= 15 is 0 Å². The van der Waals surface area contributed by atoms with Crippen LogP contribution in [0.1, 0.15) is 17.7 Å². The molecule has 0 fully saturated rings. The molecule has 4 aromatic rings. The summed E-state index contributed by atoms with van der Waals surface area (Å²) in [7, 11) is 0. The summed E-state index contributed by atoms with van der Waals surface area (Å²) in [5, 5.41) is 9.75. The van der Waals surface area contributed by atoms with E-state index in [4.69, 9.17) is 20.2 Å². The summed E-state index contributed by atoms with van der Waals surface area (Å²) in [5.74, 6) is 7.85. The van der Waals surface area contributed by atoms with Crippen molar-refractivity contribution < 1.29 is 4.42 Å². The highest BCUT2D eigenvalue weighted by molar-refractivity contribution is 7.99. The zero-order chi connectivity index (χ0) is 18.2. The molecule has 27 heavy (non-hydrogen) atoms. The highest BCUT2D eigenvalue weighted by Gasteiger charge is 2.23. The van der Waals surface area contributed by atoms with E-state index in [1.807, 2.05) is 18.2 Å². The normalized spacial score (nSPS) is 13.0. The number of pyridine rings is 1. The first kappa shape index (κ1) is 16.0. The molecule has 0 aliphatic heterocycles. The topological polar surface area (TPSA) is 109 Å². The molecule has 0 atom stereocenters. The first-order valence-corrected chi connectivity index (χ1v) is 9.34. The highest BCUT2D eigenvalue weighted by Crippen LogP contribution is 2.35. The van der Waals surface area contributed by atoms with Gasteiger partial charge in [-0.1, -0.05) is 6.07 Å². The van der Waals surface area contributed by atoms with Gasteiger partial charge in [-0.3, -0.25) is 4.98 Å². The Morgan fingerprint density at radius 1 is 1.07 bits per heavy atom. The van der Waals surface area contributed by atoms with Crippen LogP contribution in [0, 0.1) is 0 Å². The summed E-state index contributed by atoms with van der Waals surface area (Å²) < 4.78 is 6.79. The molecule has 9 heteroatoms. The summed E-state index contributed by atoms with van der Waals surface area (Å²) >= 11 is 1.39. The molecule has 2 N–H and O–H groups in total. The van der Waals surface area contributed by atoms with Crippen LogP contribution >= 0.6 is 11.8 Å². The van der Waals surface area contributed by atoms with Crippen molar-refractivity contribution in [2.45, 2.75) is 29.4 Å². The van der Waals surface area contributed by atoms with Gasteiger partial charge in [-0.05, 0) is 55.3 Å². The first-order valence-electron chi connectivity index (χ1n) is 8.53. The molecule has 8 nitrogen and oxygen atoms in total. The fourth-order valence-corrected chi connectivity index (χ4v) is 4.01. The molecule has 134 valence electrons. The highest BCUT2D eigenvalue weighted by atomic mass is 32.2. The molecule has 5 rings (SSSR count). The van der Waals surface area contributed by atoms with E-state index < -0.39 is 0 Å². The average Bonchev–Trinajstić information content (AvgIpc) is 3.44. The van der Waals surface area contributed by atoms with Crippen LogP contribution in [-0.4, -0.2) is 29.8 Å². The lowest BCUT2D eigenvalue weighted by molar-refractivity contribution is 0.574. The van der Waals surface area contributed by atoms with Crippen molar-refractivity contribution in [1.82, 2.24) is 29.8 Å². The van der Waals surface area contributed by atoms with Crippen molar-refractivity contribution in [1.29, 1.82) is 0 Å². The van der Waals surface area contributed by atoms with E-state index in [0.717, 1.165) is 41.2 Å². The number of nitrogen functional groups attached to an aromatic ring is 1. The van der Waals surface area contributed by atoms with Gasteiger partial charge in [-0.25, -0.2) is 14.6 Å². The zero-order valence-electron chi connectivity index (χ0n) is 14.2. The SMILES string of the molecule is Nn1c(Sc2nc(-c3ccccn3)nc3c2CCC3)nnc1-c1ccco1. The third-order valence-corrected chi connectivity index (χ3v) is 5.38. The Bertz CT molecular complexity index is 1090. The molecule has 4 heterocycles. The second kappa shape index (κ2) is 6.51. The van der Waals surface area contributed by atoms with E-state index in [9.17, 15) is 0 Å². The molecule has 0 amide bonds. The number of nitrogens with zero attached hydrogens (tertiary/aromatic N) is 6. The number of hydrogen-bond acceptors (Lipinski definition) is 8. The summed E-state index contributed by atoms with van der Waals surface area (Å²) in [6, 6.07) is 9.29. The third kappa shape index (κ3) is 2.85. The number of nitrogens with two attached hydrogens (primary N) is 1. The van der Waals surface area contributed by atoms with E-state index in [1.165, 1.54) is 16.4 Å². The number of furan rings is 1. The predicted molar refractivity (Wildman–Crippen MR) is 99.3 cm³/mol. The molecule has 0 unspecified atom stereocenters. The Labute approximate surface area is 158 Å².